The Labute approximate surface area is 121 Å². The van der Waals surface area contributed by atoms with E-state index in [-0.39, 0.29) is 0 Å². The summed E-state index contributed by atoms with van der Waals surface area (Å²) < 4.78 is 0. The Hall–Kier alpha value is -1.35. The van der Waals surface area contributed by atoms with E-state index >= 15 is 0 Å². The second kappa shape index (κ2) is 5.96. The molecule has 0 amide bonds. The third-order valence-electron chi connectivity index (χ3n) is 4.42. The molecule has 1 aliphatic rings. The Kier molecular flexibility index (Phi) is 4.48. The Morgan fingerprint density at radius 1 is 1.20 bits per heavy atom. The van der Waals surface area contributed by atoms with Crippen LogP contribution in [0.3, 0.4) is 0 Å². The van der Waals surface area contributed by atoms with E-state index in [0.29, 0.717) is 11.0 Å². The van der Waals surface area contributed by atoms with Gasteiger partial charge in [0.1, 0.15) is 0 Å². The number of rotatable bonds is 3. The second-order valence-corrected chi connectivity index (χ2v) is 6.92. The van der Waals surface area contributed by atoms with Crippen LogP contribution in [-0.4, -0.2) is 29.1 Å². The average molecular weight is 275 g/mol. The lowest BCUT2D eigenvalue weighted by atomic mass is 9.75. The zero-order chi connectivity index (χ0) is 14.8. The molecule has 2 rings (SSSR count). The van der Waals surface area contributed by atoms with Crippen molar-refractivity contribution in [1.82, 2.24) is 4.90 Å². The highest BCUT2D eigenvalue weighted by atomic mass is 16.4. The van der Waals surface area contributed by atoms with Gasteiger partial charge in [-0.2, -0.15) is 0 Å². The molecule has 1 aliphatic heterocycles. The summed E-state index contributed by atoms with van der Waals surface area (Å²) in [6.07, 6.45) is 2.52. The van der Waals surface area contributed by atoms with E-state index in [1.807, 2.05) is 12.1 Å². The van der Waals surface area contributed by atoms with Gasteiger partial charge in [-0.3, -0.25) is 4.90 Å². The molecule has 1 N–H and O–H groups in total. The molecule has 0 spiro atoms. The largest absolute Gasteiger partial charge is 0.478 e. The molecule has 1 heterocycles. The van der Waals surface area contributed by atoms with Crippen molar-refractivity contribution in [2.75, 3.05) is 13.1 Å². The number of hydrogen-bond acceptors (Lipinski definition) is 2. The summed E-state index contributed by atoms with van der Waals surface area (Å²) in [4.78, 5) is 13.3. The first kappa shape index (κ1) is 15.0. The minimum absolute atomic E-state index is 0.361. The maximum atomic E-state index is 10.8. The van der Waals surface area contributed by atoms with Gasteiger partial charge in [0.2, 0.25) is 0 Å². The molecule has 1 aromatic rings. The van der Waals surface area contributed by atoms with E-state index in [1.165, 1.54) is 18.4 Å². The summed E-state index contributed by atoms with van der Waals surface area (Å²) in [5.41, 5.74) is 1.97. The monoisotopic (exact) mass is 275 g/mol. The lowest BCUT2D eigenvalue weighted by molar-refractivity contribution is 0.0697. The maximum Gasteiger partial charge on any atom is 0.335 e. The molecular weight excluding hydrogens is 250 g/mol. The molecule has 0 radical (unpaired) electrons. The van der Waals surface area contributed by atoms with Gasteiger partial charge in [0, 0.05) is 6.54 Å². The van der Waals surface area contributed by atoms with E-state index in [1.54, 1.807) is 12.1 Å². The van der Waals surface area contributed by atoms with E-state index in [9.17, 15) is 4.79 Å². The zero-order valence-corrected chi connectivity index (χ0v) is 12.7. The van der Waals surface area contributed by atoms with Gasteiger partial charge >= 0.3 is 5.97 Å². The smallest absolute Gasteiger partial charge is 0.335 e. The van der Waals surface area contributed by atoms with Crippen LogP contribution in [0.15, 0.2) is 24.3 Å². The van der Waals surface area contributed by atoms with Crippen molar-refractivity contribution in [1.29, 1.82) is 0 Å². The summed E-state index contributed by atoms with van der Waals surface area (Å²) in [7, 11) is 0. The number of carboxylic acids is 1. The summed E-state index contributed by atoms with van der Waals surface area (Å²) >= 11 is 0. The van der Waals surface area contributed by atoms with Crippen LogP contribution in [0.1, 0.15) is 49.5 Å². The number of hydrogen-bond donors (Lipinski definition) is 1. The number of aromatic carboxylic acids is 1. The van der Waals surface area contributed by atoms with E-state index in [0.717, 1.165) is 25.6 Å². The minimum atomic E-state index is -0.859. The molecular formula is C17H25NO2. The van der Waals surface area contributed by atoms with Crippen LogP contribution in [0.4, 0.5) is 0 Å². The highest BCUT2D eigenvalue weighted by Crippen LogP contribution is 2.34. The molecule has 20 heavy (non-hydrogen) atoms. The topological polar surface area (TPSA) is 40.5 Å². The summed E-state index contributed by atoms with van der Waals surface area (Å²) in [6, 6.07) is 7.25. The van der Waals surface area contributed by atoms with Gasteiger partial charge in [-0.1, -0.05) is 32.9 Å². The SMILES string of the molecule is CC(C)(C)C1CCN(Cc2ccc(C(=O)O)cc2)CC1. The van der Waals surface area contributed by atoms with E-state index in [2.05, 4.69) is 25.7 Å². The van der Waals surface area contributed by atoms with Crippen LogP contribution in [-0.2, 0) is 6.54 Å². The quantitative estimate of drug-likeness (QED) is 0.915. The third kappa shape index (κ3) is 3.83. The van der Waals surface area contributed by atoms with Gasteiger partial charge in [-0.05, 0) is 55.0 Å². The van der Waals surface area contributed by atoms with Crippen LogP contribution in [0.25, 0.3) is 0 Å². The van der Waals surface area contributed by atoms with Gasteiger partial charge in [0.25, 0.3) is 0 Å². The molecule has 0 unspecified atom stereocenters. The van der Waals surface area contributed by atoms with E-state index < -0.39 is 5.97 Å². The number of carboxylic acid groups (broad SMARTS) is 1. The zero-order valence-electron chi connectivity index (χ0n) is 12.7. The highest BCUT2D eigenvalue weighted by Gasteiger charge is 2.28. The first-order valence-electron chi connectivity index (χ1n) is 7.41. The van der Waals surface area contributed by atoms with Crippen LogP contribution in [0.2, 0.25) is 0 Å². The molecule has 1 fully saturated rings. The van der Waals surface area contributed by atoms with Crippen molar-refractivity contribution in [2.45, 2.75) is 40.2 Å². The third-order valence-corrected chi connectivity index (χ3v) is 4.42. The molecule has 0 aliphatic carbocycles. The van der Waals surface area contributed by atoms with Crippen molar-refractivity contribution >= 4 is 5.97 Å². The van der Waals surface area contributed by atoms with Gasteiger partial charge < -0.3 is 5.11 Å². The summed E-state index contributed by atoms with van der Waals surface area (Å²) in [6.45, 7) is 10.2. The Bertz CT molecular complexity index is 451. The van der Waals surface area contributed by atoms with Crippen LogP contribution >= 0.6 is 0 Å². The average Bonchev–Trinajstić information content (AvgIpc) is 2.39. The van der Waals surface area contributed by atoms with Crippen LogP contribution in [0, 0.1) is 11.3 Å². The molecule has 0 atom stereocenters. The van der Waals surface area contributed by atoms with Gasteiger partial charge in [0.15, 0.2) is 0 Å². The first-order valence-corrected chi connectivity index (χ1v) is 7.41. The molecule has 3 heteroatoms. The number of carbonyl (C=O) groups is 1. The fourth-order valence-electron chi connectivity index (χ4n) is 2.97. The predicted octanol–water partition coefficient (Wildman–Crippen LogP) is 3.64. The van der Waals surface area contributed by atoms with Gasteiger partial charge in [-0.15, -0.1) is 0 Å². The van der Waals surface area contributed by atoms with Crippen molar-refractivity contribution in [2.24, 2.45) is 11.3 Å². The molecule has 1 aromatic carbocycles. The number of likely N-dealkylation sites (tertiary alicyclic amines) is 1. The van der Waals surface area contributed by atoms with Gasteiger partial charge in [0.05, 0.1) is 5.56 Å². The predicted molar refractivity (Wildman–Crippen MR) is 80.9 cm³/mol. The molecule has 0 bridgehead atoms. The standard InChI is InChI=1S/C17H25NO2/c1-17(2,3)15-8-10-18(11-9-15)12-13-4-6-14(7-5-13)16(19)20/h4-7,15H,8-12H2,1-3H3,(H,19,20). The fraction of sp³-hybridized carbons (Fsp3) is 0.588. The second-order valence-electron chi connectivity index (χ2n) is 6.92. The lowest BCUT2D eigenvalue weighted by Gasteiger charge is -2.38. The fourth-order valence-corrected chi connectivity index (χ4v) is 2.97. The molecule has 0 aromatic heterocycles. The first-order chi connectivity index (χ1) is 9.36. The molecule has 110 valence electrons. The number of benzene rings is 1. The number of piperidine rings is 1. The Balaban J connectivity index is 1.88. The molecule has 0 saturated carbocycles. The summed E-state index contributed by atoms with van der Waals surface area (Å²) in [5.74, 6) is -0.0457. The summed E-state index contributed by atoms with van der Waals surface area (Å²) in [5, 5.41) is 8.89. The van der Waals surface area contributed by atoms with Crippen LogP contribution in [0.5, 0.6) is 0 Å². The lowest BCUT2D eigenvalue weighted by Crippen LogP contribution is -2.37. The van der Waals surface area contributed by atoms with Gasteiger partial charge in [-0.25, -0.2) is 4.79 Å². The highest BCUT2D eigenvalue weighted by molar-refractivity contribution is 5.87. The molecule has 3 nitrogen and oxygen atoms in total. The number of nitrogens with zero attached hydrogens (tertiary/aromatic N) is 1. The van der Waals surface area contributed by atoms with Crippen molar-refractivity contribution < 1.29 is 9.90 Å². The van der Waals surface area contributed by atoms with E-state index in [4.69, 9.17) is 5.11 Å². The van der Waals surface area contributed by atoms with Crippen molar-refractivity contribution in [3.63, 3.8) is 0 Å². The van der Waals surface area contributed by atoms with Crippen molar-refractivity contribution in [3.05, 3.63) is 35.4 Å². The normalized spacial score (nSPS) is 18.1. The molecule has 1 saturated heterocycles. The van der Waals surface area contributed by atoms with Crippen molar-refractivity contribution in [3.8, 4) is 0 Å². The van der Waals surface area contributed by atoms with Crippen LogP contribution < -0.4 is 0 Å². The Morgan fingerprint density at radius 2 is 1.75 bits per heavy atom. The minimum Gasteiger partial charge on any atom is -0.478 e. The Morgan fingerprint density at radius 3 is 2.20 bits per heavy atom. The maximum absolute atomic E-state index is 10.8.